The molecule has 12 nitrogen and oxygen atoms in total. The van der Waals surface area contributed by atoms with E-state index in [9.17, 15) is 19.2 Å². The van der Waals surface area contributed by atoms with Crippen molar-refractivity contribution >= 4 is 46.7 Å². The maximum absolute atomic E-state index is 13.3. The maximum Gasteiger partial charge on any atom is 0.338 e. The molecule has 1 aromatic heterocycles. The van der Waals surface area contributed by atoms with Crippen molar-refractivity contribution < 1.29 is 23.9 Å². The fourth-order valence-electron chi connectivity index (χ4n) is 3.81. The van der Waals surface area contributed by atoms with Crippen LogP contribution in [0.3, 0.4) is 0 Å². The molecule has 4 N–H and O–H groups in total. The van der Waals surface area contributed by atoms with Gasteiger partial charge in [0, 0.05) is 22.7 Å². The summed E-state index contributed by atoms with van der Waals surface area (Å²) >= 11 is 6.09. The highest BCUT2D eigenvalue weighted by Gasteiger charge is 2.26. The molecule has 4 aromatic rings. The van der Waals surface area contributed by atoms with Crippen molar-refractivity contribution in [2.75, 3.05) is 10.6 Å². The number of carbonyl (C=O) groups is 4. The van der Waals surface area contributed by atoms with E-state index in [1.165, 1.54) is 18.2 Å². The highest BCUT2D eigenvalue weighted by atomic mass is 35.5. The van der Waals surface area contributed by atoms with E-state index >= 15 is 0 Å². The van der Waals surface area contributed by atoms with E-state index in [1.54, 1.807) is 69.3 Å². The van der Waals surface area contributed by atoms with Crippen molar-refractivity contribution in [1.29, 1.82) is 0 Å². The number of rotatable bonds is 8. The maximum atomic E-state index is 13.3. The number of benzene rings is 3. The average Bonchev–Trinajstić information content (AvgIpc) is 3.47. The minimum absolute atomic E-state index is 0.104. The topological polar surface area (TPSA) is 168 Å². The number of amides is 3. The second-order valence-electron chi connectivity index (χ2n) is 10.2. The lowest BCUT2D eigenvalue weighted by Gasteiger charge is -2.20. The SMILES string of the molecule is CC(C)(C)OC(=O)c1ccc(NC(=O)[C@H](Cc2ccccc2)NC(=O)C(=O)Nc2cc(Cl)ccc2-c2nn[nH]n2)cc1. The first kappa shape index (κ1) is 29.9. The number of aromatic nitrogens is 4. The largest absolute Gasteiger partial charge is 0.456 e. The Balaban J connectivity index is 1.48. The molecule has 3 amide bonds. The molecule has 0 aliphatic heterocycles. The standard InChI is InChI=1S/C29H28ClN7O5/c1-29(2,3)42-28(41)18-9-12-20(13-10-18)31-25(38)23(15-17-7-5-4-6-8-17)33-27(40)26(39)32-22-16-19(30)11-14-21(22)24-34-36-37-35-24/h4-14,16,23H,15H2,1-3H3,(H,31,38)(H,32,39)(H,33,40)(H,34,35,36,37)/t23-/m0/s1. The van der Waals surface area contributed by atoms with Gasteiger partial charge < -0.3 is 20.7 Å². The molecule has 0 unspecified atom stereocenters. The van der Waals surface area contributed by atoms with Crippen molar-refractivity contribution in [3.05, 3.63) is 88.9 Å². The Morgan fingerprint density at radius 3 is 2.29 bits per heavy atom. The number of carbonyl (C=O) groups excluding carboxylic acids is 4. The van der Waals surface area contributed by atoms with E-state index in [-0.39, 0.29) is 17.9 Å². The van der Waals surface area contributed by atoms with Crippen molar-refractivity contribution in [3.63, 3.8) is 0 Å². The van der Waals surface area contributed by atoms with Crippen LogP contribution in [0.1, 0.15) is 36.7 Å². The molecule has 0 saturated heterocycles. The van der Waals surface area contributed by atoms with Gasteiger partial charge in [-0.25, -0.2) is 4.79 Å². The van der Waals surface area contributed by atoms with Crippen molar-refractivity contribution in [2.24, 2.45) is 0 Å². The van der Waals surface area contributed by atoms with Gasteiger partial charge in [0.25, 0.3) is 0 Å². The van der Waals surface area contributed by atoms with Crippen LogP contribution >= 0.6 is 11.6 Å². The first-order valence-electron chi connectivity index (χ1n) is 12.8. The van der Waals surface area contributed by atoms with E-state index < -0.39 is 35.3 Å². The predicted octanol–water partition coefficient (Wildman–Crippen LogP) is 3.78. The number of tetrazole rings is 1. The molecule has 0 aliphatic carbocycles. The van der Waals surface area contributed by atoms with Gasteiger partial charge in [-0.3, -0.25) is 14.4 Å². The second kappa shape index (κ2) is 13.0. The van der Waals surface area contributed by atoms with E-state index in [0.717, 1.165) is 5.56 Å². The van der Waals surface area contributed by atoms with Gasteiger partial charge in [-0.1, -0.05) is 41.9 Å². The summed E-state index contributed by atoms with van der Waals surface area (Å²) in [6, 6.07) is 18.6. The third-order valence-corrected chi connectivity index (χ3v) is 5.95. The number of esters is 1. The van der Waals surface area contributed by atoms with Gasteiger partial charge in [-0.2, -0.15) is 5.21 Å². The van der Waals surface area contributed by atoms with Gasteiger partial charge in [-0.05, 0) is 74.0 Å². The number of aromatic amines is 1. The van der Waals surface area contributed by atoms with Crippen LogP contribution in [0.4, 0.5) is 11.4 Å². The average molecular weight is 590 g/mol. The molecule has 0 fully saturated rings. The van der Waals surface area contributed by atoms with E-state index in [4.69, 9.17) is 16.3 Å². The van der Waals surface area contributed by atoms with Crippen molar-refractivity contribution in [3.8, 4) is 11.4 Å². The van der Waals surface area contributed by atoms with Crippen LogP contribution in [-0.2, 0) is 25.5 Å². The molecule has 13 heteroatoms. The van der Waals surface area contributed by atoms with Crippen molar-refractivity contribution in [1.82, 2.24) is 25.9 Å². The smallest absolute Gasteiger partial charge is 0.338 e. The second-order valence-corrected chi connectivity index (χ2v) is 10.6. The molecule has 0 spiro atoms. The highest BCUT2D eigenvalue weighted by molar-refractivity contribution is 6.40. The molecule has 4 rings (SSSR count). The number of nitrogens with zero attached hydrogens (tertiary/aromatic N) is 3. The van der Waals surface area contributed by atoms with Gasteiger partial charge >= 0.3 is 17.8 Å². The Kier molecular flexibility index (Phi) is 9.28. The monoisotopic (exact) mass is 589 g/mol. The van der Waals surface area contributed by atoms with Gasteiger partial charge in [0.05, 0.1) is 11.3 Å². The van der Waals surface area contributed by atoms with Crippen LogP contribution < -0.4 is 16.0 Å². The number of nitrogens with one attached hydrogen (secondary N) is 4. The quantitative estimate of drug-likeness (QED) is 0.178. The summed E-state index contributed by atoms with van der Waals surface area (Å²) < 4.78 is 5.36. The van der Waals surface area contributed by atoms with E-state index in [0.29, 0.717) is 21.8 Å². The summed E-state index contributed by atoms with van der Waals surface area (Å²) in [6.07, 6.45) is 0.104. The number of ether oxygens (including phenoxy) is 1. The Morgan fingerprint density at radius 1 is 0.929 bits per heavy atom. The fraction of sp³-hybridized carbons (Fsp3) is 0.207. The van der Waals surface area contributed by atoms with E-state index in [1.807, 2.05) is 6.07 Å². The summed E-state index contributed by atoms with van der Waals surface area (Å²) in [4.78, 5) is 51.5. The number of H-pyrrole nitrogens is 1. The van der Waals surface area contributed by atoms with Gasteiger partial charge in [0.1, 0.15) is 11.6 Å². The molecule has 1 atom stereocenters. The van der Waals surface area contributed by atoms with Crippen LogP contribution in [0.25, 0.3) is 11.4 Å². The molecular formula is C29H28ClN7O5. The van der Waals surface area contributed by atoms with Crippen LogP contribution in [0.5, 0.6) is 0 Å². The Hall–Kier alpha value is -5.10. The zero-order chi connectivity index (χ0) is 30.3. The fourth-order valence-corrected chi connectivity index (χ4v) is 3.98. The first-order chi connectivity index (χ1) is 20.0. The molecule has 3 aromatic carbocycles. The summed E-state index contributed by atoms with van der Waals surface area (Å²) in [5.41, 5.74) is 1.36. The summed E-state index contributed by atoms with van der Waals surface area (Å²) in [7, 11) is 0. The molecule has 0 bridgehead atoms. The molecule has 0 radical (unpaired) electrons. The first-order valence-corrected chi connectivity index (χ1v) is 13.2. The Labute approximate surface area is 246 Å². The lowest BCUT2D eigenvalue weighted by atomic mass is 10.0. The van der Waals surface area contributed by atoms with Crippen molar-refractivity contribution in [2.45, 2.75) is 38.8 Å². The van der Waals surface area contributed by atoms with Crippen LogP contribution in [0, 0.1) is 0 Å². The lowest BCUT2D eigenvalue weighted by molar-refractivity contribution is -0.137. The van der Waals surface area contributed by atoms with Crippen LogP contribution in [0.2, 0.25) is 5.02 Å². The van der Waals surface area contributed by atoms with E-state index in [2.05, 4.69) is 36.6 Å². The third kappa shape index (κ3) is 8.21. The molecule has 1 heterocycles. The highest BCUT2D eigenvalue weighted by Crippen LogP contribution is 2.28. The molecular weight excluding hydrogens is 562 g/mol. The summed E-state index contributed by atoms with van der Waals surface area (Å²) in [6.45, 7) is 5.30. The third-order valence-electron chi connectivity index (χ3n) is 5.71. The lowest BCUT2D eigenvalue weighted by Crippen LogP contribution is -2.48. The number of anilines is 2. The zero-order valence-corrected chi connectivity index (χ0v) is 23.7. The van der Waals surface area contributed by atoms with Crippen LogP contribution in [0.15, 0.2) is 72.8 Å². The predicted molar refractivity (Wildman–Crippen MR) is 156 cm³/mol. The normalized spacial score (nSPS) is 11.7. The molecule has 216 valence electrons. The summed E-state index contributed by atoms with van der Waals surface area (Å²) in [5, 5.41) is 21.7. The Morgan fingerprint density at radius 2 is 1.64 bits per heavy atom. The Bertz CT molecular complexity index is 1570. The van der Waals surface area contributed by atoms with Gasteiger partial charge in [0.2, 0.25) is 11.7 Å². The summed E-state index contributed by atoms with van der Waals surface area (Å²) in [5.74, 6) is -2.97. The van der Waals surface area contributed by atoms with Gasteiger partial charge in [-0.15, -0.1) is 10.2 Å². The molecule has 0 saturated carbocycles. The molecule has 0 aliphatic rings. The number of hydrogen-bond acceptors (Lipinski definition) is 8. The minimum atomic E-state index is -1.12. The number of halogens is 1. The minimum Gasteiger partial charge on any atom is -0.456 e. The van der Waals surface area contributed by atoms with Gasteiger partial charge in [0.15, 0.2) is 0 Å². The number of hydrogen-bond donors (Lipinski definition) is 4. The van der Waals surface area contributed by atoms with Crippen LogP contribution in [-0.4, -0.2) is 56.0 Å². The zero-order valence-electron chi connectivity index (χ0n) is 23.0. The molecule has 42 heavy (non-hydrogen) atoms.